The highest BCUT2D eigenvalue weighted by Gasteiger charge is 2.23. The quantitative estimate of drug-likeness (QED) is 0.864. The third-order valence-electron chi connectivity index (χ3n) is 2.94. The molecule has 0 unspecified atom stereocenters. The fourth-order valence-electron chi connectivity index (χ4n) is 2.05. The average Bonchev–Trinajstić information content (AvgIpc) is 2.77. The number of amides is 1. The van der Waals surface area contributed by atoms with Crippen molar-refractivity contribution < 1.29 is 14.3 Å². The Morgan fingerprint density at radius 1 is 1.41 bits per heavy atom. The first-order valence-electron chi connectivity index (χ1n) is 5.82. The predicted molar refractivity (Wildman–Crippen MR) is 64.5 cm³/mol. The minimum absolute atomic E-state index is 0.114. The van der Waals surface area contributed by atoms with Gasteiger partial charge in [-0.2, -0.15) is 0 Å². The molecular weight excluding hydrogens is 218 g/mol. The van der Waals surface area contributed by atoms with Gasteiger partial charge in [0.05, 0.1) is 13.7 Å². The predicted octanol–water partition coefficient (Wildman–Crippen LogP) is 1.70. The van der Waals surface area contributed by atoms with Gasteiger partial charge in [0, 0.05) is 18.9 Å². The summed E-state index contributed by atoms with van der Waals surface area (Å²) in [5.41, 5.74) is 1.11. The lowest BCUT2D eigenvalue weighted by Gasteiger charge is -2.13. The molecule has 0 spiro atoms. The summed E-state index contributed by atoms with van der Waals surface area (Å²) in [6.45, 7) is 3.25. The van der Waals surface area contributed by atoms with Crippen molar-refractivity contribution in [2.75, 3.05) is 20.3 Å². The molecule has 92 valence electrons. The van der Waals surface area contributed by atoms with Gasteiger partial charge in [0.2, 0.25) is 5.91 Å². The van der Waals surface area contributed by atoms with Crippen LogP contribution in [-0.4, -0.2) is 26.2 Å². The minimum Gasteiger partial charge on any atom is -0.493 e. The highest BCUT2D eigenvalue weighted by atomic mass is 16.5. The molecule has 1 amide bonds. The van der Waals surface area contributed by atoms with E-state index in [1.165, 1.54) is 0 Å². The number of carbonyl (C=O) groups excluding carboxylic acids is 1. The zero-order valence-corrected chi connectivity index (χ0v) is 10.2. The van der Waals surface area contributed by atoms with Crippen molar-refractivity contribution in [3.05, 3.63) is 23.8 Å². The van der Waals surface area contributed by atoms with Crippen molar-refractivity contribution in [3.8, 4) is 11.5 Å². The number of methoxy groups -OCH3 is 1. The summed E-state index contributed by atoms with van der Waals surface area (Å²) in [6.07, 6.45) is 0.553. The topological polar surface area (TPSA) is 47.6 Å². The molecule has 1 aromatic carbocycles. The van der Waals surface area contributed by atoms with Gasteiger partial charge in [0.1, 0.15) is 0 Å². The maximum atomic E-state index is 11.2. The van der Waals surface area contributed by atoms with Gasteiger partial charge >= 0.3 is 0 Å². The summed E-state index contributed by atoms with van der Waals surface area (Å²) in [5.74, 6) is 1.83. The van der Waals surface area contributed by atoms with E-state index in [0.717, 1.165) is 17.1 Å². The Labute approximate surface area is 101 Å². The summed E-state index contributed by atoms with van der Waals surface area (Å²) in [4.78, 5) is 11.2. The number of hydrogen-bond donors (Lipinski definition) is 1. The van der Waals surface area contributed by atoms with Crippen LogP contribution in [0.1, 0.15) is 24.8 Å². The summed E-state index contributed by atoms with van der Waals surface area (Å²) < 4.78 is 10.8. The van der Waals surface area contributed by atoms with E-state index in [1.54, 1.807) is 7.11 Å². The number of benzene rings is 1. The van der Waals surface area contributed by atoms with Gasteiger partial charge in [-0.15, -0.1) is 0 Å². The fraction of sp³-hybridized carbons (Fsp3) is 0.462. The molecule has 1 saturated heterocycles. The third-order valence-corrected chi connectivity index (χ3v) is 2.94. The smallest absolute Gasteiger partial charge is 0.220 e. The van der Waals surface area contributed by atoms with Crippen molar-refractivity contribution in [2.24, 2.45) is 0 Å². The zero-order chi connectivity index (χ0) is 12.3. The van der Waals surface area contributed by atoms with Crippen LogP contribution in [0.5, 0.6) is 11.5 Å². The van der Waals surface area contributed by atoms with Crippen LogP contribution in [0.15, 0.2) is 18.2 Å². The number of nitrogens with one attached hydrogen (secondary N) is 1. The van der Waals surface area contributed by atoms with Crippen LogP contribution in [-0.2, 0) is 4.79 Å². The van der Waals surface area contributed by atoms with Crippen molar-refractivity contribution in [3.63, 3.8) is 0 Å². The summed E-state index contributed by atoms with van der Waals surface area (Å²) in [7, 11) is 1.62. The van der Waals surface area contributed by atoms with Gasteiger partial charge in [-0.05, 0) is 24.6 Å². The molecule has 1 fully saturated rings. The van der Waals surface area contributed by atoms with E-state index in [2.05, 4.69) is 5.32 Å². The molecule has 1 N–H and O–H groups in total. The lowest BCUT2D eigenvalue weighted by molar-refractivity contribution is -0.119. The fourth-order valence-corrected chi connectivity index (χ4v) is 2.05. The van der Waals surface area contributed by atoms with Crippen molar-refractivity contribution in [1.29, 1.82) is 0 Å². The van der Waals surface area contributed by atoms with Crippen molar-refractivity contribution in [2.45, 2.75) is 19.3 Å². The molecule has 2 rings (SSSR count). The second-order valence-corrected chi connectivity index (χ2v) is 4.05. The molecule has 4 heteroatoms. The molecule has 0 bridgehead atoms. The minimum atomic E-state index is 0.114. The maximum Gasteiger partial charge on any atom is 0.220 e. The van der Waals surface area contributed by atoms with E-state index in [1.807, 2.05) is 25.1 Å². The van der Waals surface area contributed by atoms with Crippen LogP contribution in [0.3, 0.4) is 0 Å². The van der Waals surface area contributed by atoms with Gasteiger partial charge in [-0.3, -0.25) is 4.79 Å². The van der Waals surface area contributed by atoms with E-state index >= 15 is 0 Å². The van der Waals surface area contributed by atoms with E-state index in [4.69, 9.17) is 9.47 Å². The molecule has 1 aliphatic heterocycles. The van der Waals surface area contributed by atoms with Gasteiger partial charge in [-0.1, -0.05) is 6.07 Å². The Morgan fingerprint density at radius 2 is 2.24 bits per heavy atom. The largest absolute Gasteiger partial charge is 0.493 e. The molecule has 0 aliphatic carbocycles. The third kappa shape index (κ3) is 2.52. The molecule has 1 aliphatic rings. The lowest BCUT2D eigenvalue weighted by Crippen LogP contribution is -2.13. The number of ether oxygens (including phenoxy) is 2. The first-order valence-corrected chi connectivity index (χ1v) is 5.82. The first kappa shape index (κ1) is 11.8. The Hall–Kier alpha value is -1.71. The second kappa shape index (κ2) is 5.08. The van der Waals surface area contributed by atoms with Crippen LogP contribution in [0.25, 0.3) is 0 Å². The standard InChI is InChI=1S/C13H17NO3/c1-3-17-11-5-4-9(6-12(11)16-2)10-7-13(15)14-8-10/h4-6,10H,3,7-8H2,1-2H3,(H,14,15)/t10-/m1/s1. The van der Waals surface area contributed by atoms with Gasteiger partial charge in [0.25, 0.3) is 0 Å². The molecule has 1 atom stereocenters. The van der Waals surface area contributed by atoms with Gasteiger partial charge in [0.15, 0.2) is 11.5 Å². The summed E-state index contributed by atoms with van der Waals surface area (Å²) in [6, 6.07) is 5.86. The highest BCUT2D eigenvalue weighted by molar-refractivity contribution is 5.79. The zero-order valence-electron chi connectivity index (χ0n) is 10.2. The summed E-state index contributed by atoms with van der Waals surface area (Å²) in [5, 5.41) is 2.83. The first-order chi connectivity index (χ1) is 8.24. The summed E-state index contributed by atoms with van der Waals surface area (Å²) >= 11 is 0. The molecule has 1 heterocycles. The lowest BCUT2D eigenvalue weighted by atomic mass is 9.98. The average molecular weight is 235 g/mol. The normalized spacial score (nSPS) is 18.9. The van der Waals surface area contributed by atoms with E-state index in [9.17, 15) is 4.79 Å². The molecule has 17 heavy (non-hydrogen) atoms. The molecule has 4 nitrogen and oxygen atoms in total. The van der Waals surface area contributed by atoms with Crippen LogP contribution in [0.2, 0.25) is 0 Å². The van der Waals surface area contributed by atoms with Gasteiger partial charge in [-0.25, -0.2) is 0 Å². The number of hydrogen-bond acceptors (Lipinski definition) is 3. The Kier molecular flexibility index (Phi) is 3.52. The van der Waals surface area contributed by atoms with E-state index < -0.39 is 0 Å². The molecule has 0 saturated carbocycles. The Balaban J connectivity index is 2.22. The van der Waals surface area contributed by atoms with Crippen molar-refractivity contribution >= 4 is 5.91 Å². The van der Waals surface area contributed by atoms with Gasteiger partial charge < -0.3 is 14.8 Å². The Bertz CT molecular complexity index is 417. The number of carbonyl (C=O) groups is 1. The van der Waals surface area contributed by atoms with Crippen LogP contribution in [0, 0.1) is 0 Å². The van der Waals surface area contributed by atoms with E-state index in [-0.39, 0.29) is 11.8 Å². The maximum absolute atomic E-state index is 11.2. The Morgan fingerprint density at radius 3 is 2.82 bits per heavy atom. The van der Waals surface area contributed by atoms with Crippen LogP contribution in [0.4, 0.5) is 0 Å². The van der Waals surface area contributed by atoms with Crippen LogP contribution < -0.4 is 14.8 Å². The SMILES string of the molecule is CCOc1ccc([C@H]2CNC(=O)C2)cc1OC. The molecule has 0 radical (unpaired) electrons. The highest BCUT2D eigenvalue weighted by Crippen LogP contribution is 2.32. The monoisotopic (exact) mass is 235 g/mol. The van der Waals surface area contributed by atoms with Crippen molar-refractivity contribution in [1.82, 2.24) is 5.32 Å². The van der Waals surface area contributed by atoms with Crippen LogP contribution >= 0.6 is 0 Å². The second-order valence-electron chi connectivity index (χ2n) is 4.05. The molecule has 0 aromatic heterocycles. The molecular formula is C13H17NO3. The number of rotatable bonds is 4. The van der Waals surface area contributed by atoms with E-state index in [0.29, 0.717) is 19.6 Å². The molecule has 1 aromatic rings.